The summed E-state index contributed by atoms with van der Waals surface area (Å²) in [5.74, 6) is 0.865. The van der Waals surface area contributed by atoms with Crippen molar-refractivity contribution < 1.29 is 0 Å². The van der Waals surface area contributed by atoms with Crippen LogP contribution in [0.1, 0.15) is 36.5 Å². The fourth-order valence-electron chi connectivity index (χ4n) is 2.59. The molecule has 0 bridgehead atoms. The van der Waals surface area contributed by atoms with Crippen LogP contribution < -0.4 is 0 Å². The smallest absolute Gasteiger partial charge is 0.148 e. The molecule has 0 amide bonds. The number of halogens is 1. The molecule has 5 heteroatoms. The topological polar surface area (TPSA) is 32.3 Å². The first-order chi connectivity index (χ1) is 9.02. The number of hydrogen-bond acceptors (Lipinski definition) is 4. The van der Waals surface area contributed by atoms with E-state index in [4.69, 9.17) is 16.6 Å². The van der Waals surface area contributed by atoms with Crippen LogP contribution in [0.15, 0.2) is 0 Å². The van der Waals surface area contributed by atoms with Gasteiger partial charge >= 0.3 is 0 Å². The van der Waals surface area contributed by atoms with Crippen LogP contribution in [0.3, 0.4) is 0 Å². The first-order valence-corrected chi connectivity index (χ1v) is 7.32. The minimum atomic E-state index is 0.232. The molecule has 106 valence electrons. The molecule has 2 heterocycles. The molecule has 1 atom stereocenters. The molecular formula is C14H23ClN4. The van der Waals surface area contributed by atoms with Crippen LogP contribution in [0.5, 0.6) is 0 Å². The van der Waals surface area contributed by atoms with E-state index in [0.29, 0.717) is 5.15 Å². The average molecular weight is 283 g/mol. The Kier molecular flexibility index (Phi) is 4.76. The van der Waals surface area contributed by atoms with E-state index >= 15 is 0 Å². The van der Waals surface area contributed by atoms with E-state index in [2.05, 4.69) is 35.8 Å². The Morgan fingerprint density at radius 1 is 1.26 bits per heavy atom. The minimum Gasteiger partial charge on any atom is -0.304 e. The van der Waals surface area contributed by atoms with Crippen LogP contribution in [0, 0.1) is 6.92 Å². The highest BCUT2D eigenvalue weighted by Crippen LogP contribution is 2.24. The second-order valence-electron chi connectivity index (χ2n) is 5.41. The molecule has 1 saturated heterocycles. The second kappa shape index (κ2) is 6.16. The standard InChI is InChI=1S/C14H23ClN4/c1-5-11-10(2)13(15)17-14(16-11)12-9-18(3)7-6-8-19(12)4/h12H,5-9H2,1-4H3. The maximum atomic E-state index is 6.26. The fourth-order valence-corrected chi connectivity index (χ4v) is 2.79. The molecular weight excluding hydrogens is 260 g/mol. The molecule has 1 aliphatic rings. The minimum absolute atomic E-state index is 0.232. The van der Waals surface area contributed by atoms with Gasteiger partial charge in [0.25, 0.3) is 0 Å². The molecule has 1 fully saturated rings. The lowest BCUT2D eigenvalue weighted by molar-refractivity contribution is 0.219. The van der Waals surface area contributed by atoms with Crippen molar-refractivity contribution in [3.63, 3.8) is 0 Å². The summed E-state index contributed by atoms with van der Waals surface area (Å²) in [4.78, 5) is 13.9. The number of rotatable bonds is 2. The van der Waals surface area contributed by atoms with Gasteiger partial charge in [-0.2, -0.15) is 0 Å². The maximum Gasteiger partial charge on any atom is 0.148 e. The summed E-state index contributed by atoms with van der Waals surface area (Å²) in [5, 5.41) is 0.599. The Hall–Kier alpha value is -0.710. The van der Waals surface area contributed by atoms with E-state index in [1.165, 1.54) is 6.42 Å². The van der Waals surface area contributed by atoms with Crippen molar-refractivity contribution in [2.45, 2.75) is 32.7 Å². The molecule has 1 unspecified atom stereocenters. The Morgan fingerprint density at radius 3 is 2.68 bits per heavy atom. The van der Waals surface area contributed by atoms with Crippen LogP contribution >= 0.6 is 11.6 Å². The van der Waals surface area contributed by atoms with Crippen LogP contribution in [0.4, 0.5) is 0 Å². The van der Waals surface area contributed by atoms with Crippen LogP contribution in [0.2, 0.25) is 5.15 Å². The molecule has 4 nitrogen and oxygen atoms in total. The normalized spacial score (nSPS) is 22.5. The van der Waals surface area contributed by atoms with Crippen molar-refractivity contribution in [2.75, 3.05) is 33.7 Å². The second-order valence-corrected chi connectivity index (χ2v) is 5.77. The molecule has 0 spiro atoms. The number of aryl methyl sites for hydroxylation is 1. The monoisotopic (exact) mass is 282 g/mol. The third kappa shape index (κ3) is 3.25. The van der Waals surface area contributed by atoms with E-state index in [9.17, 15) is 0 Å². The van der Waals surface area contributed by atoms with E-state index < -0.39 is 0 Å². The van der Waals surface area contributed by atoms with Crippen LogP contribution in [-0.2, 0) is 6.42 Å². The van der Waals surface area contributed by atoms with Gasteiger partial charge < -0.3 is 4.90 Å². The molecule has 0 saturated carbocycles. The SMILES string of the molecule is CCc1nc(C2CN(C)CCCN2C)nc(Cl)c1C. The third-order valence-corrected chi connectivity index (χ3v) is 4.27. The summed E-state index contributed by atoms with van der Waals surface area (Å²) in [6.07, 6.45) is 2.08. The van der Waals surface area contributed by atoms with Crippen molar-refractivity contribution in [3.8, 4) is 0 Å². The predicted molar refractivity (Wildman–Crippen MR) is 78.6 cm³/mol. The van der Waals surface area contributed by atoms with Gasteiger partial charge in [0.2, 0.25) is 0 Å². The Morgan fingerprint density at radius 2 is 2.00 bits per heavy atom. The zero-order valence-corrected chi connectivity index (χ0v) is 13.0. The van der Waals surface area contributed by atoms with Crippen molar-refractivity contribution in [1.29, 1.82) is 0 Å². The molecule has 0 aliphatic carbocycles. The molecule has 1 aromatic heterocycles. The van der Waals surface area contributed by atoms with Gasteiger partial charge in [-0.3, -0.25) is 4.90 Å². The zero-order chi connectivity index (χ0) is 14.0. The maximum absolute atomic E-state index is 6.26. The number of likely N-dealkylation sites (N-methyl/N-ethyl adjacent to an activating group) is 2. The Bertz CT molecular complexity index is 449. The van der Waals surface area contributed by atoms with E-state index in [1.807, 2.05) is 6.92 Å². The van der Waals surface area contributed by atoms with Crippen LogP contribution in [0.25, 0.3) is 0 Å². The summed E-state index contributed by atoms with van der Waals surface area (Å²) < 4.78 is 0. The van der Waals surface area contributed by atoms with Gasteiger partial charge in [-0.05, 0) is 47.0 Å². The quantitative estimate of drug-likeness (QED) is 0.779. The molecule has 0 aromatic carbocycles. The summed E-state index contributed by atoms with van der Waals surface area (Å²) in [5.41, 5.74) is 2.08. The molecule has 0 N–H and O–H groups in total. The van der Waals surface area contributed by atoms with Gasteiger partial charge in [0.1, 0.15) is 11.0 Å². The van der Waals surface area contributed by atoms with Gasteiger partial charge in [-0.15, -0.1) is 0 Å². The molecule has 1 aliphatic heterocycles. The van der Waals surface area contributed by atoms with E-state index in [1.54, 1.807) is 0 Å². The van der Waals surface area contributed by atoms with E-state index in [-0.39, 0.29) is 6.04 Å². The van der Waals surface area contributed by atoms with Crippen LogP contribution in [-0.4, -0.2) is 53.5 Å². The lowest BCUT2D eigenvalue weighted by Gasteiger charge is -2.26. The van der Waals surface area contributed by atoms with Gasteiger partial charge in [0, 0.05) is 17.8 Å². The van der Waals surface area contributed by atoms with E-state index in [0.717, 1.165) is 43.1 Å². The number of aromatic nitrogens is 2. The highest BCUT2D eigenvalue weighted by atomic mass is 35.5. The van der Waals surface area contributed by atoms with Crippen molar-refractivity contribution in [1.82, 2.24) is 19.8 Å². The predicted octanol–water partition coefficient (Wildman–Crippen LogP) is 2.31. The first-order valence-electron chi connectivity index (χ1n) is 6.94. The van der Waals surface area contributed by atoms with Crippen molar-refractivity contribution in [3.05, 3.63) is 22.2 Å². The Balaban J connectivity index is 2.36. The van der Waals surface area contributed by atoms with Crippen molar-refractivity contribution >= 4 is 11.6 Å². The highest BCUT2D eigenvalue weighted by molar-refractivity contribution is 6.30. The highest BCUT2D eigenvalue weighted by Gasteiger charge is 2.25. The summed E-state index contributed by atoms with van der Waals surface area (Å²) in [7, 11) is 4.30. The summed E-state index contributed by atoms with van der Waals surface area (Å²) >= 11 is 6.26. The summed E-state index contributed by atoms with van der Waals surface area (Å²) in [6.45, 7) is 7.26. The largest absolute Gasteiger partial charge is 0.304 e. The third-order valence-electron chi connectivity index (χ3n) is 3.90. The fraction of sp³-hybridized carbons (Fsp3) is 0.714. The molecule has 0 radical (unpaired) electrons. The van der Waals surface area contributed by atoms with Gasteiger partial charge in [0.15, 0.2) is 0 Å². The lowest BCUT2D eigenvalue weighted by Crippen LogP contribution is -2.32. The van der Waals surface area contributed by atoms with Gasteiger partial charge in [0.05, 0.1) is 6.04 Å². The van der Waals surface area contributed by atoms with Gasteiger partial charge in [-0.1, -0.05) is 18.5 Å². The van der Waals surface area contributed by atoms with Crippen molar-refractivity contribution in [2.24, 2.45) is 0 Å². The average Bonchev–Trinajstić information content (AvgIpc) is 2.54. The zero-order valence-electron chi connectivity index (χ0n) is 12.3. The first kappa shape index (κ1) is 14.7. The number of nitrogens with zero attached hydrogens (tertiary/aromatic N) is 4. The number of hydrogen-bond donors (Lipinski definition) is 0. The van der Waals surface area contributed by atoms with Gasteiger partial charge in [-0.25, -0.2) is 9.97 Å². The molecule has 1 aromatic rings. The Labute approximate surface area is 120 Å². The summed E-state index contributed by atoms with van der Waals surface area (Å²) in [6, 6.07) is 0.232. The lowest BCUT2D eigenvalue weighted by atomic mass is 10.1. The molecule has 2 rings (SSSR count). The molecule has 19 heavy (non-hydrogen) atoms.